The van der Waals surface area contributed by atoms with Crippen LogP contribution in [0.2, 0.25) is 0 Å². The van der Waals surface area contributed by atoms with Crippen LogP contribution in [-0.2, 0) is 6.42 Å². The first-order valence-corrected chi connectivity index (χ1v) is 8.48. The fourth-order valence-corrected chi connectivity index (χ4v) is 2.51. The van der Waals surface area contributed by atoms with Crippen molar-refractivity contribution in [3.63, 3.8) is 0 Å². The van der Waals surface area contributed by atoms with Gasteiger partial charge in [0, 0.05) is 32.1 Å². The van der Waals surface area contributed by atoms with Gasteiger partial charge in [0.1, 0.15) is 11.5 Å². The monoisotopic (exact) mass is 366 g/mol. The minimum atomic E-state index is 0.538. The van der Waals surface area contributed by atoms with Gasteiger partial charge in [0.15, 0.2) is 5.82 Å². The topological polar surface area (TPSA) is 85.3 Å². The molecule has 0 saturated heterocycles. The molecule has 0 aliphatic heterocycles. The van der Waals surface area contributed by atoms with Crippen LogP contribution in [0.1, 0.15) is 5.56 Å². The normalized spacial score (nSPS) is 10.3. The van der Waals surface area contributed by atoms with Crippen molar-refractivity contribution in [1.82, 2.24) is 20.2 Å². The molecular weight excluding hydrogens is 344 g/mol. The average Bonchev–Trinajstić information content (AvgIpc) is 2.73. The summed E-state index contributed by atoms with van der Waals surface area (Å²) < 4.78 is 10.7. The van der Waals surface area contributed by atoms with Crippen LogP contribution in [0.4, 0.5) is 17.5 Å². The Morgan fingerprint density at radius 2 is 1.89 bits per heavy atom. The minimum Gasteiger partial charge on any atom is -0.497 e. The summed E-state index contributed by atoms with van der Waals surface area (Å²) in [4.78, 5) is 10.5. The zero-order valence-corrected chi connectivity index (χ0v) is 15.6. The van der Waals surface area contributed by atoms with Crippen LogP contribution in [0.25, 0.3) is 0 Å². The molecule has 3 rings (SSSR count). The Morgan fingerprint density at radius 1 is 1.07 bits per heavy atom. The second-order valence-electron chi connectivity index (χ2n) is 5.86. The van der Waals surface area contributed by atoms with Crippen molar-refractivity contribution in [2.24, 2.45) is 0 Å². The van der Waals surface area contributed by atoms with Crippen molar-refractivity contribution in [2.45, 2.75) is 6.42 Å². The number of nitrogens with zero attached hydrogens (tertiary/aromatic N) is 5. The second kappa shape index (κ2) is 8.79. The maximum atomic E-state index is 5.38. The van der Waals surface area contributed by atoms with Gasteiger partial charge in [0.05, 0.1) is 26.1 Å². The lowest BCUT2D eigenvalue weighted by molar-refractivity contribution is 0.405. The summed E-state index contributed by atoms with van der Waals surface area (Å²) in [7, 11) is 5.17. The Hall–Kier alpha value is -3.42. The van der Waals surface area contributed by atoms with Crippen LogP contribution in [0.5, 0.6) is 11.5 Å². The third-order valence-electron chi connectivity index (χ3n) is 4.04. The molecule has 0 fully saturated rings. The highest BCUT2D eigenvalue weighted by atomic mass is 16.5. The van der Waals surface area contributed by atoms with E-state index in [0.717, 1.165) is 24.4 Å². The molecule has 8 nitrogen and oxygen atoms in total. The molecule has 0 amide bonds. The van der Waals surface area contributed by atoms with Crippen LogP contribution in [0, 0.1) is 0 Å². The van der Waals surface area contributed by atoms with E-state index < -0.39 is 0 Å². The molecule has 0 bridgehead atoms. The standard InChI is InChI=1S/C19H22N6O2/c1-25(11-8-14-6-9-20-10-7-14)19-23-18(13-21-24-19)22-16-12-15(26-2)4-5-17(16)27-3/h4-7,9-10,12-13H,8,11H2,1-3H3,(H,22,23,24). The lowest BCUT2D eigenvalue weighted by Crippen LogP contribution is -2.23. The molecule has 1 N–H and O–H groups in total. The molecule has 140 valence electrons. The highest BCUT2D eigenvalue weighted by Crippen LogP contribution is 2.31. The number of pyridine rings is 1. The first-order chi connectivity index (χ1) is 13.2. The Balaban J connectivity index is 1.72. The number of ether oxygens (including phenoxy) is 2. The summed E-state index contributed by atoms with van der Waals surface area (Å²) in [6, 6.07) is 9.51. The Labute approximate surface area is 158 Å². The molecule has 2 heterocycles. The maximum Gasteiger partial charge on any atom is 0.247 e. The van der Waals surface area contributed by atoms with Gasteiger partial charge in [-0.3, -0.25) is 4.98 Å². The van der Waals surface area contributed by atoms with Crippen LogP contribution < -0.4 is 19.7 Å². The Kier molecular flexibility index (Phi) is 5.98. The fraction of sp³-hybridized carbons (Fsp3) is 0.263. The molecule has 27 heavy (non-hydrogen) atoms. The van der Waals surface area contributed by atoms with Crippen LogP contribution in [0.15, 0.2) is 48.9 Å². The first kappa shape index (κ1) is 18.4. The van der Waals surface area contributed by atoms with Crippen LogP contribution in [-0.4, -0.2) is 48.0 Å². The van der Waals surface area contributed by atoms with E-state index in [9.17, 15) is 0 Å². The van der Waals surface area contributed by atoms with Gasteiger partial charge in [0.25, 0.3) is 0 Å². The number of methoxy groups -OCH3 is 2. The van der Waals surface area contributed by atoms with Gasteiger partial charge in [0.2, 0.25) is 5.95 Å². The van der Waals surface area contributed by atoms with E-state index in [2.05, 4.69) is 25.5 Å². The van der Waals surface area contributed by atoms with Crippen molar-refractivity contribution >= 4 is 17.5 Å². The van der Waals surface area contributed by atoms with Crippen molar-refractivity contribution in [3.05, 3.63) is 54.5 Å². The van der Waals surface area contributed by atoms with E-state index in [0.29, 0.717) is 17.5 Å². The summed E-state index contributed by atoms with van der Waals surface area (Å²) in [6.07, 6.45) is 6.02. The SMILES string of the molecule is COc1ccc(OC)c(Nc2cnnc(N(C)CCc3ccncc3)n2)c1. The number of rotatable bonds is 8. The van der Waals surface area contributed by atoms with Crippen molar-refractivity contribution in [2.75, 3.05) is 38.0 Å². The summed E-state index contributed by atoms with van der Waals surface area (Å²) in [5.41, 5.74) is 1.95. The first-order valence-electron chi connectivity index (χ1n) is 8.48. The van der Waals surface area contributed by atoms with Gasteiger partial charge >= 0.3 is 0 Å². The van der Waals surface area contributed by atoms with Gasteiger partial charge in [-0.25, -0.2) is 0 Å². The number of nitrogens with one attached hydrogen (secondary N) is 1. The Morgan fingerprint density at radius 3 is 2.63 bits per heavy atom. The molecule has 3 aromatic rings. The van der Waals surface area contributed by atoms with Gasteiger partial charge < -0.3 is 19.7 Å². The molecule has 0 atom stereocenters. The minimum absolute atomic E-state index is 0.538. The average molecular weight is 366 g/mol. The molecule has 0 spiro atoms. The molecule has 0 radical (unpaired) electrons. The maximum absolute atomic E-state index is 5.38. The summed E-state index contributed by atoms with van der Waals surface area (Å²) in [5, 5.41) is 11.4. The Bertz CT molecular complexity index is 875. The quantitative estimate of drug-likeness (QED) is 0.651. The van der Waals surface area contributed by atoms with E-state index >= 15 is 0 Å². The molecule has 8 heteroatoms. The van der Waals surface area contributed by atoms with Crippen molar-refractivity contribution < 1.29 is 9.47 Å². The van der Waals surface area contributed by atoms with Gasteiger partial charge in [-0.05, 0) is 36.2 Å². The largest absolute Gasteiger partial charge is 0.497 e. The van der Waals surface area contributed by atoms with Crippen molar-refractivity contribution in [1.29, 1.82) is 0 Å². The van der Waals surface area contributed by atoms with E-state index in [-0.39, 0.29) is 0 Å². The fourth-order valence-electron chi connectivity index (χ4n) is 2.51. The number of hydrogen-bond donors (Lipinski definition) is 1. The molecule has 0 aliphatic rings. The predicted octanol–water partition coefficient (Wildman–Crippen LogP) is 2.71. The molecule has 0 unspecified atom stereocenters. The summed E-state index contributed by atoms with van der Waals surface area (Å²) in [6.45, 7) is 0.762. The molecule has 0 aliphatic carbocycles. The van der Waals surface area contributed by atoms with Gasteiger partial charge in [-0.2, -0.15) is 10.1 Å². The smallest absolute Gasteiger partial charge is 0.247 e. The van der Waals surface area contributed by atoms with Crippen LogP contribution in [0.3, 0.4) is 0 Å². The van der Waals surface area contributed by atoms with E-state index in [1.165, 1.54) is 5.56 Å². The number of likely N-dealkylation sites (N-methyl/N-ethyl adjacent to an activating group) is 1. The molecule has 2 aromatic heterocycles. The van der Waals surface area contributed by atoms with E-state index in [1.54, 1.807) is 32.8 Å². The second-order valence-corrected chi connectivity index (χ2v) is 5.86. The molecule has 0 saturated carbocycles. The number of benzene rings is 1. The number of aromatic nitrogens is 4. The number of hydrogen-bond acceptors (Lipinski definition) is 8. The van der Waals surface area contributed by atoms with Gasteiger partial charge in [-0.1, -0.05) is 0 Å². The lowest BCUT2D eigenvalue weighted by atomic mass is 10.2. The molecule has 1 aromatic carbocycles. The highest BCUT2D eigenvalue weighted by Gasteiger charge is 2.10. The zero-order valence-electron chi connectivity index (χ0n) is 15.6. The third-order valence-corrected chi connectivity index (χ3v) is 4.04. The lowest BCUT2D eigenvalue weighted by Gasteiger charge is -2.17. The molecular formula is C19H22N6O2. The van der Waals surface area contributed by atoms with E-state index in [4.69, 9.17) is 9.47 Å². The van der Waals surface area contributed by atoms with Crippen LogP contribution >= 0.6 is 0 Å². The number of anilines is 3. The summed E-state index contributed by atoms with van der Waals surface area (Å²) >= 11 is 0. The summed E-state index contributed by atoms with van der Waals surface area (Å²) in [5.74, 6) is 2.51. The predicted molar refractivity (Wildman–Crippen MR) is 104 cm³/mol. The highest BCUT2D eigenvalue weighted by molar-refractivity contribution is 5.66. The van der Waals surface area contributed by atoms with Crippen molar-refractivity contribution in [3.8, 4) is 11.5 Å². The third kappa shape index (κ3) is 4.81. The zero-order chi connectivity index (χ0) is 19.1. The van der Waals surface area contributed by atoms with E-state index in [1.807, 2.05) is 42.3 Å². The van der Waals surface area contributed by atoms with Gasteiger partial charge in [-0.15, -0.1) is 5.10 Å².